The van der Waals surface area contributed by atoms with Gasteiger partial charge in [0.15, 0.2) is 0 Å². The van der Waals surface area contributed by atoms with Gasteiger partial charge >= 0.3 is 6.09 Å². The topological polar surface area (TPSA) is 193 Å². The van der Waals surface area contributed by atoms with Crippen LogP contribution in [-0.4, -0.2) is 89.1 Å². The minimum Gasteiger partial charge on any atom is -0.444 e. The number of hydrogen-bond acceptors (Lipinski definition) is 10. The van der Waals surface area contributed by atoms with E-state index in [-0.39, 0.29) is 31.5 Å². The van der Waals surface area contributed by atoms with Gasteiger partial charge in [0.2, 0.25) is 21.8 Å². The van der Waals surface area contributed by atoms with Crippen LogP contribution in [0.2, 0.25) is 5.02 Å². The van der Waals surface area contributed by atoms with Crippen LogP contribution in [0.25, 0.3) is 10.6 Å². The highest BCUT2D eigenvalue weighted by Crippen LogP contribution is 2.46. The Morgan fingerprint density at radius 3 is 2.55 bits per heavy atom. The maximum atomic E-state index is 14.3. The van der Waals surface area contributed by atoms with Gasteiger partial charge in [0.1, 0.15) is 33.9 Å². The number of nitrogens with zero attached hydrogens (tertiary/aromatic N) is 2. The van der Waals surface area contributed by atoms with Crippen LogP contribution < -0.4 is 20.7 Å². The normalized spacial score (nSPS) is 26.6. The number of fused-ring (bicyclic) bond motifs is 2. The van der Waals surface area contributed by atoms with Gasteiger partial charge in [-0.2, -0.15) is 0 Å². The first-order chi connectivity index (χ1) is 25.1. The predicted molar refractivity (Wildman–Crippen MR) is 198 cm³/mol. The molecular weight excluding hydrogens is 744 g/mol. The highest BCUT2D eigenvalue weighted by molar-refractivity contribution is 7.91. The lowest BCUT2D eigenvalue weighted by Crippen LogP contribution is -2.58. The SMILES string of the molecule is CC(C)(C)OC(=O)N[C@H]1CCCCCC=C[C@@H]2C[C@@]2(C(=O)NS(=O)(=O)C2CC2)NC(=O)[C@@H]2C[C@@H](NC(=O)c3csc(-c4ccccc4Cl)n3)CN2C1=O. The molecule has 5 atom stereocenters. The molecule has 286 valence electrons. The molecule has 4 N–H and O–H groups in total. The van der Waals surface area contributed by atoms with E-state index in [1.54, 1.807) is 44.4 Å². The van der Waals surface area contributed by atoms with Crippen LogP contribution in [0.15, 0.2) is 41.8 Å². The van der Waals surface area contributed by atoms with Gasteiger partial charge in [-0.1, -0.05) is 54.8 Å². The number of sulfonamides is 1. The number of allylic oxidation sites excluding steroid dienone is 1. The fourth-order valence-corrected chi connectivity index (χ4v) is 9.23. The van der Waals surface area contributed by atoms with Crippen LogP contribution in [0.3, 0.4) is 0 Å². The highest BCUT2D eigenvalue weighted by Gasteiger charge is 2.62. The summed E-state index contributed by atoms with van der Waals surface area (Å²) in [5.74, 6) is -3.01. The molecule has 4 aliphatic rings. The van der Waals surface area contributed by atoms with Gasteiger partial charge in [-0.05, 0) is 71.8 Å². The molecule has 2 saturated carbocycles. The standard InChI is InChI=1S/C36H45ClN6O8S2/c1-35(2,3)51-34(48)40-26-14-8-6-4-5-7-11-21-18-36(21,33(47)42-53(49,50)23-15-16-23)41-30(45)28-17-22(19-43(28)32(26)46)38-29(44)27-20-52-31(39-27)24-12-9-10-13-25(24)37/h7,9-13,20-23,26,28H,4-6,8,14-19H2,1-3H3,(H,38,44)(H,40,48)(H,41,45)(H,42,47)/t21-,22-,26+,28+,36-/m1/s1. The molecule has 3 heterocycles. The Morgan fingerprint density at radius 2 is 1.83 bits per heavy atom. The molecule has 3 fully saturated rings. The lowest BCUT2D eigenvalue weighted by Gasteiger charge is -2.30. The summed E-state index contributed by atoms with van der Waals surface area (Å²) in [7, 11) is -3.91. The fourth-order valence-electron chi connectivity index (χ4n) is 6.75. The second-order valence-electron chi connectivity index (χ2n) is 15.1. The van der Waals surface area contributed by atoms with Crippen molar-refractivity contribution in [2.45, 2.75) is 113 Å². The molecule has 0 spiro atoms. The quantitative estimate of drug-likeness (QED) is 0.300. The zero-order valence-corrected chi connectivity index (χ0v) is 32.2. The highest BCUT2D eigenvalue weighted by atomic mass is 35.5. The minimum absolute atomic E-state index is 0.0114. The van der Waals surface area contributed by atoms with Crippen molar-refractivity contribution in [2.75, 3.05) is 6.54 Å². The first-order valence-corrected chi connectivity index (χ1v) is 20.7. The van der Waals surface area contributed by atoms with Crippen molar-refractivity contribution in [1.82, 2.24) is 30.6 Å². The molecule has 6 rings (SSSR count). The number of amides is 5. The number of hydrogen-bond donors (Lipinski definition) is 4. The van der Waals surface area contributed by atoms with Gasteiger partial charge in [-0.3, -0.25) is 23.9 Å². The summed E-state index contributed by atoms with van der Waals surface area (Å²) in [6.45, 7) is 5.05. The number of halogens is 1. The molecule has 14 nitrogen and oxygen atoms in total. The molecule has 5 amide bonds. The second-order valence-corrected chi connectivity index (χ2v) is 18.4. The Balaban J connectivity index is 1.26. The Morgan fingerprint density at radius 1 is 1.08 bits per heavy atom. The largest absolute Gasteiger partial charge is 0.444 e. The van der Waals surface area contributed by atoms with Crippen molar-refractivity contribution in [2.24, 2.45) is 5.92 Å². The Hall–Kier alpha value is -4.02. The van der Waals surface area contributed by atoms with Crippen LogP contribution in [0.4, 0.5) is 4.79 Å². The number of rotatable bonds is 7. The van der Waals surface area contributed by atoms with E-state index in [1.165, 1.54) is 16.2 Å². The molecule has 1 aromatic carbocycles. The number of carbonyl (C=O) groups is 5. The molecule has 0 bridgehead atoms. The Labute approximate surface area is 317 Å². The molecule has 2 aromatic rings. The van der Waals surface area contributed by atoms with Crippen LogP contribution in [-0.2, 0) is 29.1 Å². The van der Waals surface area contributed by atoms with Crippen molar-refractivity contribution < 1.29 is 37.1 Å². The molecule has 2 aliphatic heterocycles. The summed E-state index contributed by atoms with van der Waals surface area (Å²) >= 11 is 7.59. The third-order valence-electron chi connectivity index (χ3n) is 9.75. The third kappa shape index (κ3) is 9.20. The molecule has 0 radical (unpaired) electrons. The smallest absolute Gasteiger partial charge is 0.408 e. The second kappa shape index (κ2) is 15.4. The van der Waals surface area contributed by atoms with E-state index in [0.29, 0.717) is 41.3 Å². The molecule has 53 heavy (non-hydrogen) atoms. The van der Waals surface area contributed by atoms with E-state index in [2.05, 4.69) is 25.7 Å². The van der Waals surface area contributed by atoms with E-state index >= 15 is 0 Å². The van der Waals surface area contributed by atoms with Crippen molar-refractivity contribution >= 4 is 62.7 Å². The van der Waals surface area contributed by atoms with Crippen LogP contribution in [0.1, 0.15) is 89.0 Å². The Kier molecular flexibility index (Phi) is 11.2. The number of alkyl carbamates (subject to hydrolysis) is 1. The van der Waals surface area contributed by atoms with Crippen molar-refractivity contribution in [3.05, 3.63) is 52.5 Å². The van der Waals surface area contributed by atoms with Gasteiger partial charge in [-0.15, -0.1) is 11.3 Å². The Bertz CT molecular complexity index is 1910. The van der Waals surface area contributed by atoms with Gasteiger partial charge in [0, 0.05) is 29.4 Å². The summed E-state index contributed by atoms with van der Waals surface area (Å²) in [5.41, 5.74) is -1.55. The van der Waals surface area contributed by atoms with Gasteiger partial charge in [0.25, 0.3) is 11.8 Å². The summed E-state index contributed by atoms with van der Waals surface area (Å²) in [6.07, 6.45) is 7.12. The summed E-state index contributed by atoms with van der Waals surface area (Å²) in [4.78, 5) is 74.4. The lowest BCUT2D eigenvalue weighted by molar-refractivity contribution is -0.141. The average molecular weight is 789 g/mol. The van der Waals surface area contributed by atoms with Crippen LogP contribution in [0.5, 0.6) is 0 Å². The summed E-state index contributed by atoms with van der Waals surface area (Å²) in [5, 5.41) is 10.4. The molecule has 1 saturated heterocycles. The van der Waals surface area contributed by atoms with E-state index in [0.717, 1.165) is 12.8 Å². The first kappa shape index (κ1) is 38.7. The number of benzene rings is 1. The van der Waals surface area contributed by atoms with Crippen molar-refractivity contribution in [3.8, 4) is 10.6 Å². The van der Waals surface area contributed by atoms with Crippen LogP contribution >= 0.6 is 22.9 Å². The van der Waals surface area contributed by atoms with Crippen LogP contribution in [0, 0.1) is 5.92 Å². The number of nitrogens with one attached hydrogen (secondary N) is 4. The molecular formula is C36H45ClN6O8S2. The number of aromatic nitrogens is 1. The number of ether oxygens (including phenoxy) is 1. The maximum absolute atomic E-state index is 14.3. The van der Waals surface area contributed by atoms with E-state index in [9.17, 15) is 32.4 Å². The lowest BCUT2D eigenvalue weighted by atomic mass is 10.0. The van der Waals surface area contributed by atoms with E-state index < -0.39 is 80.2 Å². The first-order valence-electron chi connectivity index (χ1n) is 17.9. The van der Waals surface area contributed by atoms with Crippen molar-refractivity contribution in [3.63, 3.8) is 0 Å². The molecule has 0 unspecified atom stereocenters. The third-order valence-corrected chi connectivity index (χ3v) is 12.8. The van der Waals surface area contributed by atoms with Gasteiger partial charge in [-0.25, -0.2) is 18.2 Å². The average Bonchev–Trinajstić information content (AvgIpc) is 3.96. The molecule has 1 aromatic heterocycles. The monoisotopic (exact) mass is 788 g/mol. The molecule has 17 heteroatoms. The number of carbonyl (C=O) groups excluding carboxylic acids is 5. The van der Waals surface area contributed by atoms with Crippen molar-refractivity contribution in [1.29, 1.82) is 0 Å². The number of thiazole rings is 1. The maximum Gasteiger partial charge on any atom is 0.408 e. The van der Waals surface area contributed by atoms with Gasteiger partial charge in [0.05, 0.1) is 10.3 Å². The van der Waals surface area contributed by atoms with E-state index in [1.807, 2.05) is 18.2 Å². The minimum atomic E-state index is -3.91. The molecule has 2 aliphatic carbocycles. The fraction of sp³-hybridized carbons (Fsp3) is 0.556. The van der Waals surface area contributed by atoms with E-state index in [4.69, 9.17) is 16.3 Å². The summed E-state index contributed by atoms with van der Waals surface area (Å²) in [6, 6.07) is 4.22. The predicted octanol–water partition coefficient (Wildman–Crippen LogP) is 4.06. The summed E-state index contributed by atoms with van der Waals surface area (Å²) < 4.78 is 33.2. The van der Waals surface area contributed by atoms with Gasteiger partial charge < -0.3 is 25.6 Å². The zero-order valence-electron chi connectivity index (χ0n) is 29.9. The zero-order chi connectivity index (χ0) is 38.1.